The monoisotopic (exact) mass is 141 g/mol. The summed E-state index contributed by atoms with van der Waals surface area (Å²) in [5.74, 6) is 0. The molecule has 0 saturated carbocycles. The molecular formula is C3H11NO5. The third-order valence-corrected chi connectivity index (χ3v) is 0.224. The van der Waals surface area contributed by atoms with Gasteiger partial charge < -0.3 is 15.8 Å². The average Bonchev–Trinajstić information content (AvgIpc) is 1.65. The third-order valence-electron chi connectivity index (χ3n) is 0.224. The van der Waals surface area contributed by atoms with Crippen LogP contribution in [0.3, 0.4) is 0 Å². The van der Waals surface area contributed by atoms with Crippen LogP contribution in [0.2, 0.25) is 0 Å². The molecule has 0 aromatic heterocycles. The lowest BCUT2D eigenvalue weighted by Crippen LogP contribution is -1.81. The summed E-state index contributed by atoms with van der Waals surface area (Å²) in [4.78, 5) is 8.36. The van der Waals surface area contributed by atoms with Gasteiger partial charge in [0.05, 0.1) is 0 Å². The Morgan fingerprint density at radius 3 is 1.78 bits per heavy atom. The van der Waals surface area contributed by atoms with Crippen molar-refractivity contribution in [2.24, 2.45) is 0 Å². The van der Waals surface area contributed by atoms with Crippen molar-refractivity contribution in [2.45, 2.75) is 13.3 Å². The maximum Gasteiger partial charge on any atom is 0.291 e. The summed E-state index contributed by atoms with van der Waals surface area (Å²) in [5, 5.41) is 21.5. The number of hydrogen-bond donors (Lipinski definition) is 2. The van der Waals surface area contributed by atoms with Gasteiger partial charge in [0.1, 0.15) is 0 Å². The normalized spacial score (nSPS) is 6.00. The van der Waals surface area contributed by atoms with Crippen LogP contribution in [-0.2, 0) is 0 Å². The molecule has 0 aliphatic carbocycles. The molecule has 9 heavy (non-hydrogen) atoms. The van der Waals surface area contributed by atoms with Gasteiger partial charge in [-0.25, -0.2) is 0 Å². The summed E-state index contributed by atoms with van der Waals surface area (Å²) >= 11 is 0. The molecule has 6 heteroatoms. The third kappa shape index (κ3) is 13000. The summed E-state index contributed by atoms with van der Waals surface area (Å²) in [6.45, 7) is 2.25. The van der Waals surface area contributed by atoms with Gasteiger partial charge in [-0.05, 0) is 6.42 Å². The zero-order valence-electron chi connectivity index (χ0n) is 5.07. The summed E-state index contributed by atoms with van der Waals surface area (Å²) in [7, 11) is 0. The zero-order chi connectivity index (χ0) is 6.99. The maximum absolute atomic E-state index is 8.36. The van der Waals surface area contributed by atoms with E-state index in [-0.39, 0.29) is 5.48 Å². The Balaban J connectivity index is -0.0000000720. The van der Waals surface area contributed by atoms with Crippen molar-refractivity contribution >= 4 is 0 Å². The standard InChI is InChI=1S/C3H8O.HNO3.H2O/c1-2-3-4;2-1(3)4;/h4H,2-3H2,1H3;(H,2,3,4);1H2. The molecule has 6 nitrogen and oxygen atoms in total. The highest BCUT2D eigenvalue weighted by atomic mass is 16.9. The van der Waals surface area contributed by atoms with Gasteiger partial charge in [0, 0.05) is 6.61 Å². The lowest BCUT2D eigenvalue weighted by molar-refractivity contribution is -0.742. The minimum absolute atomic E-state index is 0. The lowest BCUT2D eigenvalue weighted by Gasteiger charge is -1.69. The van der Waals surface area contributed by atoms with Gasteiger partial charge in [0.25, 0.3) is 5.09 Å². The second kappa shape index (κ2) is 15.7. The summed E-state index contributed by atoms with van der Waals surface area (Å²) in [6.07, 6.45) is 0.875. The predicted molar refractivity (Wildman–Crippen MR) is 29.8 cm³/mol. The SMILES string of the molecule is CCCO.O.O=[N+]([O-])O. The topological polar surface area (TPSA) is 115 Å². The Kier molecular flexibility index (Phi) is 27.4. The van der Waals surface area contributed by atoms with Crippen LogP contribution in [0.4, 0.5) is 0 Å². The van der Waals surface area contributed by atoms with Crippen LogP contribution in [0, 0.1) is 10.1 Å². The van der Waals surface area contributed by atoms with Crippen molar-refractivity contribution in [1.29, 1.82) is 0 Å². The first kappa shape index (κ1) is 15.7. The average molecular weight is 141 g/mol. The number of rotatable bonds is 1. The number of aliphatic hydroxyl groups excluding tert-OH is 1. The van der Waals surface area contributed by atoms with E-state index >= 15 is 0 Å². The second-order valence-electron chi connectivity index (χ2n) is 0.961. The minimum atomic E-state index is -1.50. The number of nitrogens with zero attached hydrogens (tertiary/aromatic N) is 1. The zero-order valence-corrected chi connectivity index (χ0v) is 5.07. The smallest absolute Gasteiger partial charge is 0.291 e. The van der Waals surface area contributed by atoms with Crippen molar-refractivity contribution in [3.8, 4) is 0 Å². The molecule has 0 radical (unpaired) electrons. The molecule has 0 unspecified atom stereocenters. The van der Waals surface area contributed by atoms with E-state index in [1.54, 1.807) is 0 Å². The Hall–Kier alpha value is -0.880. The second-order valence-corrected chi connectivity index (χ2v) is 0.961. The molecule has 0 heterocycles. The van der Waals surface area contributed by atoms with E-state index in [1.165, 1.54) is 0 Å². The van der Waals surface area contributed by atoms with Crippen LogP contribution in [-0.4, -0.2) is 27.5 Å². The van der Waals surface area contributed by atoms with E-state index in [4.69, 9.17) is 20.4 Å². The molecule has 0 aliphatic rings. The van der Waals surface area contributed by atoms with Crippen molar-refractivity contribution in [3.05, 3.63) is 10.1 Å². The molecule has 0 rings (SSSR count). The fourth-order valence-electron chi connectivity index (χ4n) is 0. The van der Waals surface area contributed by atoms with E-state index in [1.807, 2.05) is 6.92 Å². The summed E-state index contributed by atoms with van der Waals surface area (Å²) < 4.78 is 0. The fraction of sp³-hybridized carbons (Fsp3) is 1.00. The molecule has 0 amide bonds. The first-order valence-corrected chi connectivity index (χ1v) is 2.09. The van der Waals surface area contributed by atoms with E-state index in [0.717, 1.165) is 6.42 Å². The largest absolute Gasteiger partial charge is 0.412 e. The van der Waals surface area contributed by atoms with Crippen LogP contribution in [0.5, 0.6) is 0 Å². The highest BCUT2D eigenvalue weighted by Gasteiger charge is 1.65. The summed E-state index contributed by atoms with van der Waals surface area (Å²) in [6, 6.07) is 0. The fourth-order valence-corrected chi connectivity index (χ4v) is 0. The predicted octanol–water partition coefficient (Wildman–Crippen LogP) is -0.784. The molecule has 0 saturated heterocycles. The molecule has 0 aromatic rings. The minimum Gasteiger partial charge on any atom is -0.412 e. The van der Waals surface area contributed by atoms with Gasteiger partial charge in [-0.2, -0.15) is 0 Å². The molecule has 0 spiro atoms. The van der Waals surface area contributed by atoms with Crippen molar-refractivity contribution in [3.63, 3.8) is 0 Å². The van der Waals surface area contributed by atoms with Gasteiger partial charge in [0.15, 0.2) is 0 Å². The van der Waals surface area contributed by atoms with E-state index in [9.17, 15) is 0 Å². The molecule has 0 bridgehead atoms. The Morgan fingerprint density at radius 2 is 1.78 bits per heavy atom. The van der Waals surface area contributed by atoms with E-state index < -0.39 is 5.09 Å². The molecule has 0 aromatic carbocycles. The molecule has 4 N–H and O–H groups in total. The van der Waals surface area contributed by atoms with Gasteiger partial charge >= 0.3 is 0 Å². The first-order valence-electron chi connectivity index (χ1n) is 2.09. The van der Waals surface area contributed by atoms with Crippen LogP contribution in [0.15, 0.2) is 0 Å². The van der Waals surface area contributed by atoms with Crippen LogP contribution >= 0.6 is 0 Å². The Morgan fingerprint density at radius 1 is 1.67 bits per heavy atom. The summed E-state index contributed by atoms with van der Waals surface area (Å²) in [5.41, 5.74) is 0. The maximum atomic E-state index is 8.36. The molecular weight excluding hydrogens is 130 g/mol. The van der Waals surface area contributed by atoms with Gasteiger partial charge in [-0.1, -0.05) is 6.92 Å². The van der Waals surface area contributed by atoms with E-state index in [2.05, 4.69) is 0 Å². The molecule has 58 valence electrons. The van der Waals surface area contributed by atoms with Crippen molar-refractivity contribution in [2.75, 3.05) is 6.61 Å². The first-order chi connectivity index (χ1) is 3.65. The number of aliphatic hydroxyl groups is 1. The van der Waals surface area contributed by atoms with Crippen molar-refractivity contribution < 1.29 is 20.9 Å². The van der Waals surface area contributed by atoms with Gasteiger partial charge in [-0.15, -0.1) is 10.1 Å². The van der Waals surface area contributed by atoms with Crippen LogP contribution < -0.4 is 0 Å². The highest BCUT2D eigenvalue weighted by Crippen LogP contribution is 1.61. The van der Waals surface area contributed by atoms with Gasteiger partial charge in [0.2, 0.25) is 0 Å². The Bertz CT molecular complexity index is 50.2. The van der Waals surface area contributed by atoms with E-state index in [0.29, 0.717) is 6.61 Å². The highest BCUT2D eigenvalue weighted by molar-refractivity contribution is 4.10. The Labute approximate surface area is 52.2 Å². The molecule has 0 fully saturated rings. The molecule has 0 aliphatic heterocycles. The van der Waals surface area contributed by atoms with Crippen molar-refractivity contribution in [1.82, 2.24) is 0 Å². The van der Waals surface area contributed by atoms with Crippen LogP contribution in [0.25, 0.3) is 0 Å². The molecule has 0 atom stereocenters. The lowest BCUT2D eigenvalue weighted by atomic mass is 10.5. The number of hydrogen-bond acceptors (Lipinski definition) is 3. The van der Waals surface area contributed by atoms with Crippen LogP contribution in [0.1, 0.15) is 13.3 Å². The van der Waals surface area contributed by atoms with Gasteiger partial charge in [-0.3, -0.25) is 0 Å². The quantitative estimate of drug-likeness (QED) is 0.368.